The number of nitrogens with one attached hydrogen (secondary N) is 2. The molecule has 0 amide bonds. The van der Waals surface area contributed by atoms with Crippen molar-refractivity contribution in [3.63, 3.8) is 0 Å². The van der Waals surface area contributed by atoms with E-state index in [9.17, 15) is 8.42 Å². The molecular weight excluding hydrogens is 228 g/mol. The molecule has 0 aromatic carbocycles. The van der Waals surface area contributed by atoms with Crippen molar-refractivity contribution in [2.75, 3.05) is 40.8 Å². The second kappa shape index (κ2) is 5.92. The number of hydrazine groups is 1. The minimum Gasteiger partial charge on any atom is -0.319 e. The summed E-state index contributed by atoms with van der Waals surface area (Å²) < 4.78 is 25.1. The molecule has 2 N–H and O–H groups in total. The number of rotatable bonds is 5. The molecular formula is C9H22N4O2S. The summed E-state index contributed by atoms with van der Waals surface area (Å²) >= 11 is 0. The highest BCUT2D eigenvalue weighted by molar-refractivity contribution is 7.87. The van der Waals surface area contributed by atoms with Crippen molar-refractivity contribution >= 4 is 10.2 Å². The average molecular weight is 250 g/mol. The topological polar surface area (TPSA) is 64.7 Å². The maximum atomic E-state index is 11.8. The summed E-state index contributed by atoms with van der Waals surface area (Å²) in [6.07, 6.45) is 1.85. The van der Waals surface area contributed by atoms with E-state index in [1.54, 1.807) is 14.1 Å². The quantitative estimate of drug-likeness (QED) is 0.629. The Balaban J connectivity index is 2.47. The van der Waals surface area contributed by atoms with Crippen molar-refractivity contribution in [2.45, 2.75) is 12.8 Å². The molecule has 0 atom stereocenters. The molecule has 0 saturated carbocycles. The second-order valence-corrected chi connectivity index (χ2v) is 6.04. The minimum absolute atomic E-state index is 0.593. The van der Waals surface area contributed by atoms with Gasteiger partial charge in [-0.3, -0.25) is 0 Å². The van der Waals surface area contributed by atoms with Crippen LogP contribution in [0.5, 0.6) is 0 Å². The lowest BCUT2D eigenvalue weighted by atomic mass is 9.98. The molecule has 0 bridgehead atoms. The molecule has 1 aliphatic rings. The van der Waals surface area contributed by atoms with Crippen LogP contribution in [-0.4, -0.2) is 58.5 Å². The van der Waals surface area contributed by atoms with Crippen molar-refractivity contribution in [3.05, 3.63) is 0 Å². The molecule has 6 nitrogen and oxygen atoms in total. The van der Waals surface area contributed by atoms with Gasteiger partial charge >= 0.3 is 0 Å². The first kappa shape index (κ1) is 13.9. The van der Waals surface area contributed by atoms with Crippen molar-refractivity contribution in [3.8, 4) is 0 Å². The van der Waals surface area contributed by atoms with E-state index < -0.39 is 10.2 Å². The van der Waals surface area contributed by atoms with Gasteiger partial charge in [0.1, 0.15) is 0 Å². The summed E-state index contributed by atoms with van der Waals surface area (Å²) in [4.78, 5) is 2.45. The molecule has 1 saturated heterocycles. The van der Waals surface area contributed by atoms with Gasteiger partial charge in [-0.15, -0.1) is 4.83 Å². The molecule has 0 aliphatic carbocycles. The third-order valence-corrected chi connectivity index (χ3v) is 4.35. The Bertz CT molecular complexity index is 297. The minimum atomic E-state index is -3.33. The van der Waals surface area contributed by atoms with Crippen LogP contribution in [-0.2, 0) is 10.2 Å². The molecule has 1 aliphatic heterocycles. The van der Waals surface area contributed by atoms with Crippen LogP contribution in [0.15, 0.2) is 0 Å². The molecule has 96 valence electrons. The molecule has 0 aromatic rings. The van der Waals surface area contributed by atoms with Crippen LogP contribution < -0.4 is 10.1 Å². The Kier molecular flexibility index (Phi) is 5.13. The number of hydrogen-bond donors (Lipinski definition) is 2. The normalized spacial score (nSPS) is 20.5. The first-order valence-corrected chi connectivity index (χ1v) is 6.99. The highest BCUT2D eigenvalue weighted by atomic mass is 32.2. The maximum absolute atomic E-state index is 11.8. The Morgan fingerprint density at radius 2 is 1.88 bits per heavy atom. The highest BCUT2D eigenvalue weighted by Crippen LogP contribution is 2.18. The van der Waals surface area contributed by atoms with Gasteiger partial charge in [0.25, 0.3) is 10.2 Å². The highest BCUT2D eigenvalue weighted by Gasteiger charge is 2.27. The third-order valence-electron chi connectivity index (χ3n) is 2.70. The van der Waals surface area contributed by atoms with Crippen molar-refractivity contribution < 1.29 is 8.42 Å². The predicted octanol–water partition coefficient (Wildman–Crippen LogP) is -0.771. The van der Waals surface area contributed by atoms with E-state index >= 15 is 0 Å². The van der Waals surface area contributed by atoms with Gasteiger partial charge in [-0.2, -0.15) is 12.7 Å². The first-order valence-electron chi connectivity index (χ1n) is 5.55. The van der Waals surface area contributed by atoms with Crippen LogP contribution in [0.3, 0.4) is 0 Å². The van der Waals surface area contributed by atoms with Gasteiger partial charge in [-0.1, -0.05) is 0 Å². The molecule has 1 heterocycles. The molecule has 0 aromatic heterocycles. The molecule has 1 rings (SSSR count). The second-order valence-electron chi connectivity index (χ2n) is 4.39. The van der Waals surface area contributed by atoms with E-state index in [-0.39, 0.29) is 0 Å². The SMILES string of the molecule is CNCC1CCN(S(=O)(=O)NN(C)C)CC1. The fraction of sp³-hybridized carbons (Fsp3) is 1.00. The summed E-state index contributed by atoms with van der Waals surface area (Å²) in [5.74, 6) is 0.593. The molecule has 0 spiro atoms. The van der Waals surface area contributed by atoms with E-state index in [0.29, 0.717) is 19.0 Å². The lowest BCUT2D eigenvalue weighted by Gasteiger charge is -2.31. The predicted molar refractivity (Wildman–Crippen MR) is 64.0 cm³/mol. The van der Waals surface area contributed by atoms with E-state index in [4.69, 9.17) is 0 Å². The Morgan fingerprint density at radius 1 is 1.31 bits per heavy atom. The van der Waals surface area contributed by atoms with Gasteiger partial charge in [-0.05, 0) is 32.4 Å². The molecule has 7 heteroatoms. The number of nitrogens with zero attached hydrogens (tertiary/aromatic N) is 2. The van der Waals surface area contributed by atoms with Gasteiger partial charge in [0.05, 0.1) is 0 Å². The molecule has 0 unspecified atom stereocenters. The standard InChI is InChI=1S/C9H22N4O2S/c1-10-8-9-4-6-13(7-5-9)16(14,15)11-12(2)3/h9-11H,4-8H2,1-3H3. The number of piperidine rings is 1. The Morgan fingerprint density at radius 3 is 2.31 bits per heavy atom. The molecule has 1 fully saturated rings. The first-order chi connectivity index (χ1) is 7.45. The fourth-order valence-corrected chi connectivity index (χ4v) is 3.20. The van der Waals surface area contributed by atoms with E-state index in [2.05, 4.69) is 10.1 Å². The van der Waals surface area contributed by atoms with E-state index in [1.165, 1.54) is 9.31 Å². The van der Waals surface area contributed by atoms with Gasteiger partial charge < -0.3 is 5.32 Å². The zero-order valence-corrected chi connectivity index (χ0v) is 11.0. The van der Waals surface area contributed by atoms with Crippen LogP contribution in [0.25, 0.3) is 0 Å². The van der Waals surface area contributed by atoms with E-state index in [1.807, 2.05) is 7.05 Å². The van der Waals surface area contributed by atoms with Gasteiger partial charge in [0.2, 0.25) is 0 Å². The zero-order valence-electron chi connectivity index (χ0n) is 10.2. The maximum Gasteiger partial charge on any atom is 0.292 e. The van der Waals surface area contributed by atoms with Crippen LogP contribution in [0.4, 0.5) is 0 Å². The average Bonchev–Trinajstić information content (AvgIpc) is 2.17. The summed E-state index contributed by atoms with van der Waals surface area (Å²) in [7, 11) is 1.94. The van der Waals surface area contributed by atoms with Crippen LogP contribution in [0.2, 0.25) is 0 Å². The van der Waals surface area contributed by atoms with Crippen LogP contribution >= 0.6 is 0 Å². The summed E-state index contributed by atoms with van der Waals surface area (Å²) in [5, 5.41) is 4.58. The fourth-order valence-electron chi connectivity index (χ4n) is 1.93. The Labute approximate surface area is 98.1 Å². The monoisotopic (exact) mass is 250 g/mol. The van der Waals surface area contributed by atoms with Gasteiger partial charge in [0.15, 0.2) is 0 Å². The third kappa shape index (κ3) is 3.99. The lowest BCUT2D eigenvalue weighted by Crippen LogP contribution is -2.49. The van der Waals surface area contributed by atoms with Crippen molar-refractivity contribution in [1.82, 2.24) is 19.5 Å². The summed E-state index contributed by atoms with van der Waals surface area (Å²) in [5.41, 5.74) is 0. The van der Waals surface area contributed by atoms with Crippen LogP contribution in [0, 0.1) is 5.92 Å². The summed E-state index contributed by atoms with van der Waals surface area (Å²) in [6, 6.07) is 0. The molecule has 16 heavy (non-hydrogen) atoms. The van der Waals surface area contributed by atoms with Gasteiger partial charge in [0, 0.05) is 27.2 Å². The summed E-state index contributed by atoms with van der Waals surface area (Å²) in [6.45, 7) is 2.18. The molecule has 0 radical (unpaired) electrons. The van der Waals surface area contributed by atoms with Crippen molar-refractivity contribution in [1.29, 1.82) is 0 Å². The Hall–Kier alpha value is -0.210. The lowest BCUT2D eigenvalue weighted by molar-refractivity contribution is 0.255. The number of hydrogen-bond acceptors (Lipinski definition) is 4. The zero-order chi connectivity index (χ0) is 12.2. The van der Waals surface area contributed by atoms with Crippen LogP contribution in [0.1, 0.15) is 12.8 Å². The van der Waals surface area contributed by atoms with Gasteiger partial charge in [-0.25, -0.2) is 5.01 Å². The van der Waals surface area contributed by atoms with Crippen molar-refractivity contribution in [2.24, 2.45) is 5.92 Å². The van der Waals surface area contributed by atoms with E-state index in [0.717, 1.165) is 19.4 Å². The smallest absolute Gasteiger partial charge is 0.292 e. The largest absolute Gasteiger partial charge is 0.319 e.